The smallest absolute Gasteiger partial charge is 0.813 e. The molecule has 0 radical (unpaired) electrons. The fourth-order valence-electron chi connectivity index (χ4n) is 0.258. The van der Waals surface area contributed by atoms with E-state index in [0.717, 1.165) is 0 Å². The molecule has 0 aliphatic rings. The van der Waals surface area contributed by atoms with Gasteiger partial charge in [0, 0.05) is 0 Å². The molecule has 0 heterocycles. The van der Waals surface area contributed by atoms with Crippen LogP contribution in [0.5, 0.6) is 0 Å². The zero-order valence-electron chi connectivity index (χ0n) is 5.53. The molecule has 0 spiro atoms. The minimum absolute atomic E-state index is 0. The Kier molecular flexibility index (Phi) is 13.7. The van der Waals surface area contributed by atoms with Crippen LogP contribution in [0.2, 0.25) is 0 Å². The summed E-state index contributed by atoms with van der Waals surface area (Å²) in [4.78, 5) is 0. The molecule has 0 fully saturated rings. The Morgan fingerprint density at radius 2 is 1.78 bits per heavy atom. The summed E-state index contributed by atoms with van der Waals surface area (Å²) < 4.78 is 27.6. The standard InChI is InChI=1S/C3H8O3S.Na.H2S/c1-2-3-7(4,5)6;;/h2-3H2,1H3,(H,4,5,6);;1H2/q;+1;/p-1. The van der Waals surface area contributed by atoms with E-state index in [-0.39, 0.29) is 48.8 Å². The molecule has 0 aromatic rings. The average Bonchev–Trinajstić information content (AvgIpc) is 1.30. The first-order valence-corrected chi connectivity index (χ1v) is 3.62. The van der Waals surface area contributed by atoms with Crippen LogP contribution in [-0.2, 0) is 23.6 Å². The third kappa shape index (κ3) is 17.6. The second-order valence-electron chi connectivity index (χ2n) is 1.29. The molecule has 3 nitrogen and oxygen atoms in total. The van der Waals surface area contributed by atoms with Crippen molar-refractivity contribution in [3.05, 3.63) is 0 Å². The minimum Gasteiger partial charge on any atom is -0.813 e. The summed E-state index contributed by atoms with van der Waals surface area (Å²) in [7, 11) is -3.67. The van der Waals surface area contributed by atoms with Crippen LogP contribution in [0.3, 0.4) is 0 Å². The van der Waals surface area contributed by atoms with Crippen molar-refractivity contribution in [3.63, 3.8) is 0 Å². The molecule has 0 aliphatic heterocycles. The summed E-state index contributed by atoms with van der Waals surface area (Å²) in [6.07, 6.45) is 0.471. The van der Waals surface area contributed by atoms with Crippen LogP contribution >= 0.6 is 0 Å². The zero-order chi connectivity index (χ0) is 5.91. The van der Waals surface area contributed by atoms with Crippen LogP contribution < -0.4 is 29.6 Å². The molecule has 0 atom stereocenters. The Morgan fingerprint density at radius 3 is 1.78 bits per heavy atom. The van der Waals surface area contributed by atoms with E-state index in [1.165, 1.54) is 0 Å². The van der Waals surface area contributed by atoms with E-state index in [0.29, 0.717) is 6.42 Å². The van der Waals surface area contributed by atoms with Crippen molar-refractivity contribution in [2.45, 2.75) is 13.3 Å². The number of hydrogen-bond donors (Lipinski definition) is 1. The average molecular weight is 180 g/mol. The van der Waals surface area contributed by atoms with Gasteiger partial charge in [0.2, 0.25) is 0 Å². The van der Waals surface area contributed by atoms with E-state index >= 15 is 0 Å². The molecule has 0 rings (SSSR count). The van der Waals surface area contributed by atoms with Gasteiger partial charge in [-0.2, -0.15) is 8.42 Å². The Hall–Kier alpha value is 1.26. The number of hydrogen-bond acceptors (Lipinski definition) is 3. The molecular weight excluding hydrogens is 171 g/mol. The van der Waals surface area contributed by atoms with Gasteiger partial charge in [-0.1, -0.05) is 6.92 Å². The van der Waals surface area contributed by atoms with E-state index in [4.69, 9.17) is 4.55 Å². The summed E-state index contributed by atoms with van der Waals surface area (Å²) in [5.41, 5.74) is 0. The maximum Gasteiger partial charge on any atom is 1.00 e. The number of rotatable bonds is 2. The van der Waals surface area contributed by atoms with Crippen LogP contribution in [0.4, 0.5) is 0 Å². The normalized spacial score (nSPS) is 9.11. The quantitative estimate of drug-likeness (QED) is 0.213. The number of thiol groups is 1. The van der Waals surface area contributed by atoms with Gasteiger partial charge < -0.3 is 13.5 Å². The fraction of sp³-hybridized carbons (Fsp3) is 1.00. The van der Waals surface area contributed by atoms with Crippen LogP contribution in [-0.4, -0.2) is 18.7 Å². The molecule has 0 amide bonds. The molecule has 0 aliphatic carbocycles. The second kappa shape index (κ2) is 7.37. The maximum absolute atomic E-state index is 9.79. The van der Waals surface area contributed by atoms with Crippen LogP contribution in [0.1, 0.15) is 13.3 Å². The first-order valence-electron chi connectivity index (χ1n) is 2.01. The summed E-state index contributed by atoms with van der Waals surface area (Å²) in [6, 6.07) is 0. The first-order chi connectivity index (χ1) is 3.06. The molecular formula is C3H9NaO3S2. The van der Waals surface area contributed by atoms with Crippen molar-refractivity contribution < 1.29 is 42.5 Å². The molecule has 0 bridgehead atoms. The molecule has 0 aromatic heterocycles. The van der Waals surface area contributed by atoms with Gasteiger partial charge >= 0.3 is 29.6 Å². The van der Waals surface area contributed by atoms with Crippen LogP contribution in [0.15, 0.2) is 0 Å². The zero-order valence-corrected chi connectivity index (χ0v) is 9.24. The topological polar surface area (TPSA) is 54.4 Å². The van der Waals surface area contributed by atoms with Crippen molar-refractivity contribution in [1.82, 2.24) is 0 Å². The van der Waals surface area contributed by atoms with Crippen LogP contribution in [0.25, 0.3) is 0 Å². The fourth-order valence-corrected chi connectivity index (χ4v) is 0.774. The summed E-state index contributed by atoms with van der Waals surface area (Å²) in [6.45, 7) is 1.69. The molecule has 9 heavy (non-hydrogen) atoms. The van der Waals surface area contributed by atoms with Gasteiger partial charge in [0.15, 0.2) is 0 Å². The van der Waals surface area contributed by atoms with Gasteiger partial charge in [0.05, 0.1) is 5.75 Å². The third-order valence-electron chi connectivity index (χ3n) is 0.462. The van der Waals surface area contributed by atoms with Gasteiger partial charge in [0.1, 0.15) is 0 Å². The summed E-state index contributed by atoms with van der Waals surface area (Å²) in [5, 5.41) is 0. The van der Waals surface area contributed by atoms with Gasteiger partial charge in [-0.15, -0.1) is 0 Å². The molecule has 0 unspecified atom stereocenters. The maximum atomic E-state index is 9.79. The molecule has 0 saturated heterocycles. The Labute approximate surface area is 84.7 Å². The van der Waals surface area contributed by atoms with E-state index in [9.17, 15) is 8.42 Å². The van der Waals surface area contributed by atoms with E-state index in [2.05, 4.69) is 0 Å². The monoisotopic (exact) mass is 180 g/mol. The third-order valence-corrected chi connectivity index (χ3v) is 1.39. The Morgan fingerprint density at radius 1 is 1.44 bits per heavy atom. The molecule has 6 heteroatoms. The first kappa shape index (κ1) is 16.7. The molecule has 1 N–H and O–H groups in total. The van der Waals surface area contributed by atoms with E-state index in [1.807, 2.05) is 0 Å². The van der Waals surface area contributed by atoms with Crippen LogP contribution in [0, 0.1) is 0 Å². The van der Waals surface area contributed by atoms with Gasteiger partial charge in [-0.25, -0.2) is 0 Å². The van der Waals surface area contributed by atoms with E-state index < -0.39 is 10.1 Å². The molecule has 52 valence electrons. The van der Waals surface area contributed by atoms with Crippen molar-refractivity contribution in [2.75, 3.05) is 5.75 Å². The Bertz CT molecular complexity index is 130. The predicted octanol–water partition coefficient (Wildman–Crippen LogP) is -2.98. The van der Waals surface area contributed by atoms with E-state index in [1.54, 1.807) is 6.92 Å². The summed E-state index contributed by atoms with van der Waals surface area (Å²) in [5.74, 6) is -0.132. The van der Waals surface area contributed by atoms with Crippen molar-refractivity contribution in [2.24, 2.45) is 0 Å². The predicted molar refractivity (Wildman–Crippen MR) is 35.5 cm³/mol. The molecule has 0 aromatic carbocycles. The van der Waals surface area contributed by atoms with Gasteiger partial charge in [-0.05, 0) is 6.42 Å². The minimum atomic E-state index is -3.67. The molecule has 0 saturated carbocycles. The van der Waals surface area contributed by atoms with Crippen molar-refractivity contribution in [3.8, 4) is 0 Å². The van der Waals surface area contributed by atoms with Crippen molar-refractivity contribution in [1.29, 1.82) is 0 Å². The van der Waals surface area contributed by atoms with Crippen molar-refractivity contribution >= 4 is 23.6 Å². The Balaban J connectivity index is -0.000000180. The summed E-state index contributed by atoms with van der Waals surface area (Å²) >= 11 is 0. The van der Waals surface area contributed by atoms with Gasteiger partial charge in [0.25, 0.3) is 10.1 Å². The SMILES string of the molecule is CCCS(=O)(=O)O.[Na+].[SH-]. The largest absolute Gasteiger partial charge is 1.00 e. The second-order valence-corrected chi connectivity index (χ2v) is 2.86. The van der Waals surface area contributed by atoms with Gasteiger partial charge in [-0.3, -0.25) is 4.55 Å².